The van der Waals surface area contributed by atoms with Crippen LogP contribution in [0.1, 0.15) is 114 Å². The number of unbranched alkanes of at least 4 members (excludes halogenated alkanes) is 5. The van der Waals surface area contributed by atoms with Crippen LogP contribution in [-0.2, 0) is 37.3 Å². The topological polar surface area (TPSA) is 112 Å². The van der Waals surface area contributed by atoms with Crippen molar-refractivity contribution in [3.8, 4) is 11.5 Å². The van der Waals surface area contributed by atoms with Crippen LogP contribution in [0.3, 0.4) is 0 Å². The lowest BCUT2D eigenvalue weighted by Gasteiger charge is -2.28. The molecule has 8 nitrogen and oxygen atoms in total. The molecule has 0 fully saturated rings. The highest BCUT2D eigenvalue weighted by molar-refractivity contribution is 5.69. The van der Waals surface area contributed by atoms with Crippen molar-refractivity contribution in [1.29, 1.82) is 0 Å². The predicted octanol–water partition coefficient (Wildman–Crippen LogP) is 8.22. The Hall–Kier alpha value is -3.62. The molecule has 2 aromatic rings. The van der Waals surface area contributed by atoms with Crippen molar-refractivity contribution in [1.82, 2.24) is 0 Å². The van der Waals surface area contributed by atoms with E-state index in [1.165, 1.54) is 25.3 Å². The van der Waals surface area contributed by atoms with Crippen LogP contribution in [0.25, 0.3) is 0 Å². The van der Waals surface area contributed by atoms with Gasteiger partial charge in [0.1, 0.15) is 24.7 Å². The van der Waals surface area contributed by atoms with Crippen molar-refractivity contribution in [2.45, 2.75) is 122 Å². The first-order valence-electron chi connectivity index (χ1n) is 17.7. The first kappa shape index (κ1) is 43.4. The second-order valence-corrected chi connectivity index (χ2v) is 12.8. The zero-order chi connectivity index (χ0) is 36.7. The van der Waals surface area contributed by atoms with E-state index in [0.717, 1.165) is 61.2 Å². The molecule has 0 aliphatic rings. The van der Waals surface area contributed by atoms with E-state index >= 15 is 0 Å². The van der Waals surface area contributed by atoms with E-state index in [0.29, 0.717) is 38.5 Å². The summed E-state index contributed by atoms with van der Waals surface area (Å²) in [4.78, 5) is 21.6. The van der Waals surface area contributed by atoms with Crippen LogP contribution in [0.5, 0.6) is 11.5 Å². The van der Waals surface area contributed by atoms with Gasteiger partial charge in [-0.05, 0) is 72.9 Å². The van der Waals surface area contributed by atoms with E-state index in [-0.39, 0.29) is 30.6 Å². The Labute approximate surface area is 295 Å². The molecule has 0 radical (unpaired) electrons. The lowest BCUT2D eigenvalue weighted by molar-refractivity contribution is -0.141. The van der Waals surface area contributed by atoms with Crippen LogP contribution < -0.4 is 9.47 Å². The third-order valence-electron chi connectivity index (χ3n) is 8.56. The standard InChI is InChI=1S/C29H40O4.C12H22O4/c1-7-11-21-17-23(13-15-27(21)32-19-25(30)9-3)29(5,6)24-14-16-28(22(18-24)12-8-2)33-20-26(31)10-4;1-15-11(13)9-7-5-3-4-6-8-10-12(14)16-2/h7-8,13-18,25-26,30-31H,1-2,9-12,19-20H2,3-6H3;3-10H2,1-2H3. The number of rotatable bonds is 23. The van der Waals surface area contributed by atoms with E-state index in [1.54, 1.807) is 0 Å². The average Bonchev–Trinajstić information content (AvgIpc) is 3.11. The number of benzene rings is 2. The highest BCUT2D eigenvalue weighted by Gasteiger charge is 2.25. The first-order valence-corrected chi connectivity index (χ1v) is 17.7. The number of hydrogen-bond donors (Lipinski definition) is 2. The highest BCUT2D eigenvalue weighted by atomic mass is 16.5. The summed E-state index contributed by atoms with van der Waals surface area (Å²) in [7, 11) is 2.82. The van der Waals surface area contributed by atoms with Gasteiger partial charge < -0.3 is 29.2 Å². The van der Waals surface area contributed by atoms with Crippen molar-refractivity contribution in [3.05, 3.63) is 84.0 Å². The molecule has 2 aromatic carbocycles. The molecule has 2 rings (SSSR count). The van der Waals surface area contributed by atoms with Crippen molar-refractivity contribution < 1.29 is 38.7 Å². The quantitative estimate of drug-likeness (QED) is 0.0685. The minimum absolute atomic E-state index is 0.134. The summed E-state index contributed by atoms with van der Waals surface area (Å²) in [5.74, 6) is 1.30. The van der Waals surface area contributed by atoms with E-state index in [9.17, 15) is 19.8 Å². The van der Waals surface area contributed by atoms with Crippen LogP contribution in [0, 0.1) is 0 Å². The molecule has 0 heterocycles. The number of aliphatic hydroxyl groups is 2. The van der Waals surface area contributed by atoms with Crippen LogP contribution in [0.15, 0.2) is 61.7 Å². The summed E-state index contributed by atoms with van der Waals surface area (Å²) in [6, 6.07) is 12.5. The Morgan fingerprint density at radius 2 is 1.06 bits per heavy atom. The summed E-state index contributed by atoms with van der Waals surface area (Å²) < 4.78 is 20.9. The van der Waals surface area contributed by atoms with Gasteiger partial charge in [0.15, 0.2) is 0 Å². The van der Waals surface area contributed by atoms with Gasteiger partial charge in [0.2, 0.25) is 0 Å². The van der Waals surface area contributed by atoms with Crippen molar-refractivity contribution in [3.63, 3.8) is 0 Å². The Morgan fingerprint density at radius 1 is 0.694 bits per heavy atom. The second kappa shape index (κ2) is 24.5. The van der Waals surface area contributed by atoms with Crippen molar-refractivity contribution >= 4 is 11.9 Å². The maximum Gasteiger partial charge on any atom is 0.305 e. The van der Waals surface area contributed by atoms with E-state index in [1.807, 2.05) is 38.1 Å². The van der Waals surface area contributed by atoms with Gasteiger partial charge in [-0.15, -0.1) is 13.2 Å². The number of aliphatic hydroxyl groups excluding tert-OH is 2. The maximum absolute atomic E-state index is 10.8. The molecule has 0 bridgehead atoms. The molecule has 0 amide bonds. The Bertz CT molecular complexity index is 1170. The molecule has 49 heavy (non-hydrogen) atoms. The van der Waals surface area contributed by atoms with Gasteiger partial charge in [0.05, 0.1) is 26.4 Å². The molecule has 0 saturated heterocycles. The molecule has 274 valence electrons. The summed E-state index contributed by atoms with van der Waals surface area (Å²) in [5, 5.41) is 19.7. The zero-order valence-electron chi connectivity index (χ0n) is 30.9. The molecule has 0 aromatic heterocycles. The SMILES string of the molecule is C=CCc1cc(C(C)(C)c2ccc(OCC(O)CC)c(CC=C)c2)ccc1OCC(O)CC.COC(=O)CCCCCCCCC(=O)OC. The Balaban J connectivity index is 0.000000632. The Morgan fingerprint density at radius 3 is 1.39 bits per heavy atom. The third kappa shape index (κ3) is 16.6. The highest BCUT2D eigenvalue weighted by Crippen LogP contribution is 2.36. The molecular formula is C41H62O8. The van der Waals surface area contributed by atoms with E-state index in [2.05, 4.69) is 60.7 Å². The number of carbonyl (C=O) groups excluding carboxylic acids is 2. The lowest BCUT2D eigenvalue weighted by atomic mass is 9.76. The first-order chi connectivity index (χ1) is 23.5. The van der Waals surface area contributed by atoms with Gasteiger partial charge in [-0.3, -0.25) is 9.59 Å². The summed E-state index contributed by atoms with van der Waals surface area (Å²) in [6.07, 6.45) is 12.6. The van der Waals surface area contributed by atoms with Crippen LogP contribution >= 0.6 is 0 Å². The largest absolute Gasteiger partial charge is 0.491 e. The number of methoxy groups -OCH3 is 2. The van der Waals surface area contributed by atoms with Crippen LogP contribution in [0.4, 0.5) is 0 Å². The minimum atomic E-state index is -0.472. The molecule has 2 unspecified atom stereocenters. The smallest absolute Gasteiger partial charge is 0.305 e. The number of carbonyl (C=O) groups is 2. The van der Waals surface area contributed by atoms with Crippen molar-refractivity contribution in [2.75, 3.05) is 27.4 Å². The normalized spacial score (nSPS) is 12.2. The molecule has 0 aliphatic heterocycles. The van der Waals surface area contributed by atoms with Gasteiger partial charge in [0, 0.05) is 18.3 Å². The summed E-state index contributed by atoms with van der Waals surface area (Å²) in [5.41, 5.74) is 4.19. The number of allylic oxidation sites excluding steroid dienone is 2. The molecule has 0 aliphatic carbocycles. The van der Waals surface area contributed by atoms with Gasteiger partial charge in [-0.2, -0.15) is 0 Å². The molecule has 2 N–H and O–H groups in total. The number of esters is 2. The zero-order valence-corrected chi connectivity index (χ0v) is 30.9. The predicted molar refractivity (Wildman–Crippen MR) is 197 cm³/mol. The summed E-state index contributed by atoms with van der Waals surface area (Å²) in [6.45, 7) is 16.6. The number of hydrogen-bond acceptors (Lipinski definition) is 8. The van der Waals surface area contributed by atoms with Gasteiger partial charge in [-0.25, -0.2) is 0 Å². The second-order valence-electron chi connectivity index (χ2n) is 12.8. The third-order valence-corrected chi connectivity index (χ3v) is 8.56. The lowest BCUT2D eigenvalue weighted by Crippen LogP contribution is -2.21. The van der Waals surface area contributed by atoms with E-state index < -0.39 is 12.2 Å². The minimum Gasteiger partial charge on any atom is -0.491 e. The van der Waals surface area contributed by atoms with Crippen molar-refractivity contribution in [2.24, 2.45) is 0 Å². The maximum atomic E-state index is 10.8. The van der Waals surface area contributed by atoms with Gasteiger partial charge in [0.25, 0.3) is 0 Å². The average molecular weight is 683 g/mol. The monoisotopic (exact) mass is 682 g/mol. The van der Waals surface area contributed by atoms with Gasteiger partial charge >= 0.3 is 11.9 Å². The van der Waals surface area contributed by atoms with Crippen LogP contribution in [-0.4, -0.2) is 61.8 Å². The molecule has 0 spiro atoms. The van der Waals surface area contributed by atoms with Gasteiger partial charge in [-0.1, -0.05) is 89.8 Å². The number of ether oxygens (including phenoxy) is 4. The fourth-order valence-corrected chi connectivity index (χ4v) is 5.07. The molecule has 0 saturated carbocycles. The molecule has 8 heteroatoms. The summed E-state index contributed by atoms with van der Waals surface area (Å²) >= 11 is 0. The Kier molecular flexibility index (Phi) is 21.7. The van der Waals surface area contributed by atoms with Crippen LogP contribution in [0.2, 0.25) is 0 Å². The fraction of sp³-hybridized carbons (Fsp3) is 0.561. The fourth-order valence-electron chi connectivity index (χ4n) is 5.07. The molecular weight excluding hydrogens is 620 g/mol. The molecule has 2 atom stereocenters. The van der Waals surface area contributed by atoms with E-state index in [4.69, 9.17) is 9.47 Å².